The van der Waals surface area contributed by atoms with Crippen molar-refractivity contribution >= 4 is 16.8 Å². The number of hydrogen-bond donors (Lipinski definition) is 1. The third-order valence-corrected chi connectivity index (χ3v) is 3.68. The molecule has 0 fully saturated rings. The average molecular weight is 245 g/mol. The Balaban J connectivity index is 2.77. The van der Waals surface area contributed by atoms with Crippen LogP contribution in [-0.4, -0.2) is 35.3 Å². The number of carboxylic acid groups (broad SMARTS) is 1. The predicted molar refractivity (Wildman–Crippen MR) is 59.4 cm³/mol. The Morgan fingerprint density at radius 1 is 1.56 bits per heavy atom. The van der Waals surface area contributed by atoms with Gasteiger partial charge in [-0.3, -0.25) is 9.00 Å². The summed E-state index contributed by atoms with van der Waals surface area (Å²) in [6.45, 7) is 5.29. The van der Waals surface area contributed by atoms with Gasteiger partial charge in [-0.2, -0.15) is 5.10 Å². The molecule has 0 spiro atoms. The Labute approximate surface area is 96.1 Å². The van der Waals surface area contributed by atoms with Crippen molar-refractivity contribution in [1.29, 1.82) is 0 Å². The molecule has 1 aromatic heterocycles. The van der Waals surface area contributed by atoms with E-state index in [-0.39, 0.29) is 11.8 Å². The van der Waals surface area contributed by atoms with Gasteiger partial charge in [0.2, 0.25) is 0 Å². The van der Waals surface area contributed by atoms with Crippen LogP contribution in [0.3, 0.4) is 0 Å². The number of nitrogens with zero attached hydrogens (tertiary/aromatic N) is 3. The van der Waals surface area contributed by atoms with Crippen LogP contribution in [0.15, 0.2) is 6.33 Å². The maximum atomic E-state index is 11.7. The van der Waals surface area contributed by atoms with Gasteiger partial charge in [-0.1, -0.05) is 0 Å². The number of carboxylic acids is 1. The molecule has 16 heavy (non-hydrogen) atoms. The standard InChI is InChI=1S/C9H15N3O3S/c1-6(2)12-8(10-5-11-12)4-16(15)7(3)9(13)14/h5-7H,4H2,1-3H3,(H,13,14). The zero-order chi connectivity index (χ0) is 12.3. The van der Waals surface area contributed by atoms with Crippen LogP contribution in [0.2, 0.25) is 0 Å². The lowest BCUT2D eigenvalue weighted by atomic mass is 10.4. The van der Waals surface area contributed by atoms with Crippen LogP contribution in [0, 0.1) is 0 Å². The van der Waals surface area contributed by atoms with Crippen LogP contribution >= 0.6 is 0 Å². The summed E-state index contributed by atoms with van der Waals surface area (Å²) >= 11 is 0. The summed E-state index contributed by atoms with van der Waals surface area (Å²) in [5.41, 5.74) is 0. The van der Waals surface area contributed by atoms with Crippen molar-refractivity contribution < 1.29 is 14.1 Å². The molecule has 1 N–H and O–H groups in total. The van der Waals surface area contributed by atoms with Gasteiger partial charge < -0.3 is 5.11 Å². The van der Waals surface area contributed by atoms with Crippen molar-refractivity contribution in [1.82, 2.24) is 14.8 Å². The van der Waals surface area contributed by atoms with E-state index in [1.54, 1.807) is 4.68 Å². The van der Waals surface area contributed by atoms with Gasteiger partial charge in [0, 0.05) is 16.8 Å². The molecule has 2 unspecified atom stereocenters. The van der Waals surface area contributed by atoms with Crippen LogP contribution < -0.4 is 0 Å². The monoisotopic (exact) mass is 245 g/mol. The Morgan fingerprint density at radius 2 is 2.19 bits per heavy atom. The highest BCUT2D eigenvalue weighted by Gasteiger charge is 2.21. The lowest BCUT2D eigenvalue weighted by molar-refractivity contribution is -0.136. The molecule has 0 aliphatic heterocycles. The van der Waals surface area contributed by atoms with Gasteiger partial charge in [0.05, 0.1) is 5.75 Å². The molecule has 0 aromatic carbocycles. The molecule has 1 heterocycles. The second-order valence-corrected chi connectivity index (χ2v) is 5.48. The fourth-order valence-electron chi connectivity index (χ4n) is 1.17. The quantitative estimate of drug-likeness (QED) is 0.820. The number of hydrogen-bond acceptors (Lipinski definition) is 4. The van der Waals surface area contributed by atoms with E-state index in [1.165, 1.54) is 13.3 Å². The Hall–Kier alpha value is -1.24. The zero-order valence-corrected chi connectivity index (χ0v) is 10.3. The molecule has 6 nitrogen and oxygen atoms in total. The van der Waals surface area contributed by atoms with E-state index >= 15 is 0 Å². The van der Waals surface area contributed by atoms with Crippen LogP contribution in [0.4, 0.5) is 0 Å². The Morgan fingerprint density at radius 3 is 2.69 bits per heavy atom. The fourth-order valence-corrected chi connectivity index (χ4v) is 2.11. The molecule has 0 bridgehead atoms. The Bertz CT molecular complexity index is 402. The van der Waals surface area contributed by atoms with Crippen molar-refractivity contribution in [2.45, 2.75) is 37.8 Å². The van der Waals surface area contributed by atoms with Crippen LogP contribution in [0.25, 0.3) is 0 Å². The molecule has 0 aliphatic carbocycles. The third-order valence-electron chi connectivity index (χ3n) is 2.15. The van der Waals surface area contributed by atoms with E-state index in [9.17, 15) is 9.00 Å². The van der Waals surface area contributed by atoms with E-state index in [0.29, 0.717) is 5.82 Å². The molecule has 0 saturated heterocycles. The summed E-state index contributed by atoms with van der Waals surface area (Å²) in [7, 11) is -1.47. The second kappa shape index (κ2) is 5.20. The summed E-state index contributed by atoms with van der Waals surface area (Å²) in [6, 6.07) is 0.120. The number of carbonyl (C=O) groups is 1. The lowest BCUT2D eigenvalue weighted by Gasteiger charge is -2.10. The molecule has 90 valence electrons. The molecule has 0 saturated carbocycles. The predicted octanol–water partition coefficient (Wildman–Crippen LogP) is 0.581. The molecular formula is C9H15N3O3S. The van der Waals surface area contributed by atoms with Gasteiger partial charge in [-0.15, -0.1) is 0 Å². The first-order valence-corrected chi connectivity index (χ1v) is 6.30. The molecule has 0 amide bonds. The maximum Gasteiger partial charge on any atom is 0.318 e. The van der Waals surface area contributed by atoms with E-state index in [2.05, 4.69) is 10.1 Å². The van der Waals surface area contributed by atoms with Gasteiger partial charge in [-0.05, 0) is 20.8 Å². The second-order valence-electron chi connectivity index (χ2n) is 3.72. The fraction of sp³-hybridized carbons (Fsp3) is 0.667. The van der Waals surface area contributed by atoms with Crippen LogP contribution in [-0.2, 0) is 21.3 Å². The first-order valence-electron chi connectivity index (χ1n) is 4.91. The first kappa shape index (κ1) is 12.8. The summed E-state index contributed by atoms with van der Waals surface area (Å²) < 4.78 is 13.3. The lowest BCUT2D eigenvalue weighted by Crippen LogP contribution is -2.24. The minimum atomic E-state index is -1.47. The largest absolute Gasteiger partial charge is 0.480 e. The Kier molecular flexibility index (Phi) is 4.17. The van der Waals surface area contributed by atoms with Crippen molar-refractivity contribution in [2.75, 3.05) is 0 Å². The molecule has 1 rings (SSSR count). The van der Waals surface area contributed by atoms with E-state index in [4.69, 9.17) is 5.11 Å². The molecule has 0 aliphatic rings. The van der Waals surface area contributed by atoms with Crippen LogP contribution in [0.5, 0.6) is 0 Å². The minimum absolute atomic E-state index is 0.117. The SMILES string of the molecule is CC(C)n1ncnc1CS(=O)C(C)C(=O)O. The molecule has 0 radical (unpaired) electrons. The topological polar surface area (TPSA) is 85.1 Å². The maximum absolute atomic E-state index is 11.7. The summed E-state index contributed by atoms with van der Waals surface area (Å²) in [6.07, 6.45) is 1.39. The van der Waals surface area contributed by atoms with Crippen molar-refractivity contribution in [3.63, 3.8) is 0 Å². The number of aliphatic carboxylic acids is 1. The normalized spacial score (nSPS) is 15.0. The van der Waals surface area contributed by atoms with Crippen LogP contribution in [0.1, 0.15) is 32.6 Å². The molecular weight excluding hydrogens is 230 g/mol. The van der Waals surface area contributed by atoms with Crippen molar-refractivity contribution in [2.24, 2.45) is 0 Å². The van der Waals surface area contributed by atoms with E-state index < -0.39 is 22.0 Å². The third kappa shape index (κ3) is 2.88. The molecule has 7 heteroatoms. The van der Waals surface area contributed by atoms with Gasteiger partial charge in [0.25, 0.3) is 0 Å². The van der Waals surface area contributed by atoms with E-state index in [1.807, 2.05) is 13.8 Å². The molecule has 1 aromatic rings. The number of aromatic nitrogens is 3. The van der Waals surface area contributed by atoms with Gasteiger partial charge in [0.15, 0.2) is 0 Å². The summed E-state index contributed by atoms with van der Waals surface area (Å²) in [5, 5.41) is 11.8. The summed E-state index contributed by atoms with van der Waals surface area (Å²) in [4.78, 5) is 14.6. The van der Waals surface area contributed by atoms with Gasteiger partial charge in [-0.25, -0.2) is 9.67 Å². The zero-order valence-electron chi connectivity index (χ0n) is 9.45. The highest BCUT2D eigenvalue weighted by atomic mass is 32.2. The van der Waals surface area contributed by atoms with E-state index in [0.717, 1.165) is 0 Å². The highest BCUT2D eigenvalue weighted by Crippen LogP contribution is 2.09. The van der Waals surface area contributed by atoms with Gasteiger partial charge in [0.1, 0.15) is 17.4 Å². The smallest absolute Gasteiger partial charge is 0.318 e. The molecule has 2 atom stereocenters. The van der Waals surface area contributed by atoms with Gasteiger partial charge >= 0.3 is 5.97 Å². The van der Waals surface area contributed by atoms with Crippen molar-refractivity contribution in [3.8, 4) is 0 Å². The highest BCUT2D eigenvalue weighted by molar-refractivity contribution is 7.85. The average Bonchev–Trinajstić information content (AvgIpc) is 2.64. The van der Waals surface area contributed by atoms with Crippen molar-refractivity contribution in [3.05, 3.63) is 12.2 Å². The minimum Gasteiger partial charge on any atom is -0.480 e. The first-order chi connectivity index (χ1) is 7.43. The summed E-state index contributed by atoms with van der Waals surface area (Å²) in [5.74, 6) is -0.388. The number of rotatable bonds is 5.